The second kappa shape index (κ2) is 6.98. The van der Waals surface area contributed by atoms with Crippen molar-refractivity contribution in [3.63, 3.8) is 0 Å². The fourth-order valence-corrected chi connectivity index (χ4v) is 1.71. The minimum absolute atomic E-state index is 0.241. The van der Waals surface area contributed by atoms with Crippen LogP contribution in [0, 0.1) is 0 Å². The lowest BCUT2D eigenvalue weighted by atomic mass is 10.2. The summed E-state index contributed by atoms with van der Waals surface area (Å²) in [6, 6.07) is 7.52. The maximum atomic E-state index is 11.5. The minimum atomic E-state index is -0.299. The maximum Gasteiger partial charge on any atom is 0.293 e. The molecule has 98 valence electrons. The van der Waals surface area contributed by atoms with Gasteiger partial charge in [0.15, 0.2) is 6.54 Å². The molecule has 3 N–H and O–H groups in total. The van der Waals surface area contributed by atoms with Crippen molar-refractivity contribution in [2.75, 3.05) is 13.6 Å². The predicted octanol–water partition coefficient (Wildman–Crippen LogP) is -0.478. The van der Waals surface area contributed by atoms with Crippen molar-refractivity contribution in [3.05, 3.63) is 34.9 Å². The molecule has 0 bridgehead atoms. The molecule has 1 aromatic carbocycles. The van der Waals surface area contributed by atoms with E-state index in [9.17, 15) is 9.59 Å². The fraction of sp³-hybridized carbons (Fsp3) is 0.333. The van der Waals surface area contributed by atoms with Gasteiger partial charge in [-0.25, -0.2) is 0 Å². The first-order valence-corrected chi connectivity index (χ1v) is 5.97. The molecule has 6 heteroatoms. The van der Waals surface area contributed by atoms with Crippen molar-refractivity contribution in [3.8, 4) is 0 Å². The SMILES string of the molecule is CC(=O)NNC(=O)C[NH+](C)Cc1ccccc1Cl. The molecule has 1 atom stereocenters. The number of quaternary nitrogens is 1. The lowest BCUT2D eigenvalue weighted by Crippen LogP contribution is -3.09. The number of carbonyl (C=O) groups is 2. The monoisotopic (exact) mass is 270 g/mol. The van der Waals surface area contributed by atoms with Gasteiger partial charge in [-0.2, -0.15) is 0 Å². The Bertz CT molecular complexity index is 437. The van der Waals surface area contributed by atoms with Crippen molar-refractivity contribution < 1.29 is 14.5 Å². The quantitative estimate of drug-likeness (QED) is 0.648. The first-order valence-electron chi connectivity index (χ1n) is 5.59. The lowest BCUT2D eigenvalue weighted by Gasteiger charge is -2.14. The van der Waals surface area contributed by atoms with Gasteiger partial charge in [0.1, 0.15) is 6.54 Å². The summed E-state index contributed by atoms with van der Waals surface area (Å²) in [4.78, 5) is 23.1. The van der Waals surface area contributed by atoms with Crippen LogP contribution in [0.1, 0.15) is 12.5 Å². The van der Waals surface area contributed by atoms with Gasteiger partial charge in [-0.3, -0.25) is 20.4 Å². The van der Waals surface area contributed by atoms with Crippen molar-refractivity contribution in [2.45, 2.75) is 13.5 Å². The third kappa shape index (κ3) is 5.16. The second-order valence-electron chi connectivity index (χ2n) is 4.13. The van der Waals surface area contributed by atoms with Gasteiger partial charge < -0.3 is 4.90 Å². The summed E-state index contributed by atoms with van der Waals surface area (Å²) >= 11 is 6.04. The molecule has 1 unspecified atom stereocenters. The summed E-state index contributed by atoms with van der Waals surface area (Å²) < 4.78 is 0. The maximum absolute atomic E-state index is 11.5. The Morgan fingerprint density at radius 3 is 2.56 bits per heavy atom. The third-order valence-corrected chi connectivity index (χ3v) is 2.66. The van der Waals surface area contributed by atoms with Crippen LogP contribution in [0.2, 0.25) is 5.02 Å². The number of hydrogen-bond donors (Lipinski definition) is 3. The fourth-order valence-electron chi connectivity index (χ4n) is 1.51. The number of likely N-dealkylation sites (N-methyl/N-ethyl adjacent to an activating group) is 1. The Morgan fingerprint density at radius 2 is 1.94 bits per heavy atom. The first kappa shape index (κ1) is 14.5. The highest BCUT2D eigenvalue weighted by atomic mass is 35.5. The number of amides is 2. The van der Waals surface area contributed by atoms with Crippen LogP contribution >= 0.6 is 11.6 Å². The Balaban J connectivity index is 2.42. The van der Waals surface area contributed by atoms with Crippen LogP contribution in [0.25, 0.3) is 0 Å². The zero-order valence-electron chi connectivity index (χ0n) is 10.4. The van der Waals surface area contributed by atoms with E-state index in [0.29, 0.717) is 11.6 Å². The molecule has 1 rings (SSSR count). The lowest BCUT2D eigenvalue weighted by molar-refractivity contribution is -0.885. The topological polar surface area (TPSA) is 62.6 Å². The summed E-state index contributed by atoms with van der Waals surface area (Å²) in [5.74, 6) is -0.540. The van der Waals surface area contributed by atoms with Crippen molar-refractivity contribution in [1.82, 2.24) is 10.9 Å². The Hall–Kier alpha value is -1.59. The molecule has 0 saturated carbocycles. The zero-order chi connectivity index (χ0) is 13.5. The van der Waals surface area contributed by atoms with E-state index in [1.165, 1.54) is 6.92 Å². The summed E-state index contributed by atoms with van der Waals surface area (Å²) in [5, 5.41) is 0.694. The van der Waals surface area contributed by atoms with Crippen LogP contribution in [0.4, 0.5) is 0 Å². The smallest absolute Gasteiger partial charge is 0.293 e. The molecule has 0 saturated heterocycles. The summed E-state index contributed by atoms with van der Waals surface area (Å²) in [5.41, 5.74) is 5.56. The molecule has 5 nitrogen and oxygen atoms in total. The Morgan fingerprint density at radius 1 is 1.28 bits per heavy atom. The van der Waals surface area contributed by atoms with Crippen LogP contribution in [0.15, 0.2) is 24.3 Å². The van der Waals surface area contributed by atoms with Crippen molar-refractivity contribution in [2.24, 2.45) is 0 Å². The number of halogens is 1. The van der Waals surface area contributed by atoms with Crippen LogP contribution in [-0.2, 0) is 16.1 Å². The Kier molecular flexibility index (Phi) is 5.61. The van der Waals surface area contributed by atoms with Gasteiger partial charge >= 0.3 is 0 Å². The van der Waals surface area contributed by atoms with Crippen LogP contribution in [-0.4, -0.2) is 25.4 Å². The van der Waals surface area contributed by atoms with Crippen molar-refractivity contribution >= 4 is 23.4 Å². The molecule has 0 aromatic heterocycles. The highest BCUT2D eigenvalue weighted by Gasteiger charge is 2.11. The molecule has 0 fully saturated rings. The third-order valence-electron chi connectivity index (χ3n) is 2.29. The molecule has 0 aliphatic carbocycles. The molecular formula is C12H17ClN3O2+. The highest BCUT2D eigenvalue weighted by molar-refractivity contribution is 6.31. The molecule has 0 aliphatic heterocycles. The molecule has 0 heterocycles. The predicted molar refractivity (Wildman–Crippen MR) is 68.9 cm³/mol. The normalized spacial score (nSPS) is 11.7. The zero-order valence-corrected chi connectivity index (χ0v) is 11.2. The summed E-state index contributed by atoms with van der Waals surface area (Å²) in [6.07, 6.45) is 0. The van der Waals surface area contributed by atoms with Crippen LogP contribution in [0.5, 0.6) is 0 Å². The molecule has 18 heavy (non-hydrogen) atoms. The number of carbonyl (C=O) groups excluding carboxylic acids is 2. The van der Waals surface area contributed by atoms with Gasteiger partial charge in [-0.15, -0.1) is 0 Å². The van der Waals surface area contributed by atoms with E-state index >= 15 is 0 Å². The van der Waals surface area contributed by atoms with Gasteiger partial charge in [-0.05, 0) is 6.07 Å². The van der Waals surface area contributed by atoms with E-state index in [2.05, 4.69) is 10.9 Å². The molecule has 0 radical (unpaired) electrons. The van der Waals surface area contributed by atoms with Crippen LogP contribution < -0.4 is 15.8 Å². The van der Waals surface area contributed by atoms with E-state index < -0.39 is 0 Å². The van der Waals surface area contributed by atoms with E-state index in [4.69, 9.17) is 11.6 Å². The molecule has 0 aliphatic rings. The van der Waals surface area contributed by atoms with E-state index in [1.54, 1.807) is 0 Å². The average molecular weight is 271 g/mol. The van der Waals surface area contributed by atoms with E-state index in [1.807, 2.05) is 31.3 Å². The summed E-state index contributed by atoms with van der Waals surface area (Å²) in [6.45, 7) is 2.24. The van der Waals surface area contributed by atoms with Gasteiger partial charge in [0.25, 0.3) is 5.91 Å². The van der Waals surface area contributed by atoms with Gasteiger partial charge in [-0.1, -0.05) is 29.8 Å². The molecular weight excluding hydrogens is 254 g/mol. The van der Waals surface area contributed by atoms with Crippen LogP contribution in [0.3, 0.4) is 0 Å². The Labute approximate surface area is 111 Å². The van der Waals surface area contributed by atoms with Gasteiger partial charge in [0.05, 0.1) is 7.05 Å². The number of nitrogens with one attached hydrogen (secondary N) is 3. The number of rotatable bonds is 4. The largest absolute Gasteiger partial charge is 0.326 e. The number of benzene rings is 1. The van der Waals surface area contributed by atoms with E-state index in [-0.39, 0.29) is 18.4 Å². The number of hydrazine groups is 1. The van der Waals surface area contributed by atoms with Gasteiger partial charge in [0.2, 0.25) is 5.91 Å². The number of hydrogen-bond acceptors (Lipinski definition) is 2. The molecule has 1 aromatic rings. The van der Waals surface area contributed by atoms with E-state index in [0.717, 1.165) is 10.5 Å². The molecule has 2 amide bonds. The first-order chi connectivity index (χ1) is 8.49. The highest BCUT2D eigenvalue weighted by Crippen LogP contribution is 2.13. The minimum Gasteiger partial charge on any atom is -0.326 e. The molecule has 0 spiro atoms. The van der Waals surface area contributed by atoms with Crippen molar-refractivity contribution in [1.29, 1.82) is 0 Å². The second-order valence-corrected chi connectivity index (χ2v) is 4.54. The average Bonchev–Trinajstić information content (AvgIpc) is 2.29. The van der Waals surface area contributed by atoms with Gasteiger partial charge in [0, 0.05) is 17.5 Å². The summed E-state index contributed by atoms with van der Waals surface area (Å²) in [7, 11) is 1.89. The standard InChI is InChI=1S/C12H16ClN3O2/c1-9(17)14-15-12(18)8-16(2)7-10-5-3-4-6-11(10)13/h3-6H,7-8H2,1-2H3,(H,14,17)(H,15,18)/p+1.